The molecule has 1 aliphatic rings. The highest BCUT2D eigenvalue weighted by molar-refractivity contribution is 5.89. The van der Waals surface area contributed by atoms with Crippen molar-refractivity contribution in [2.75, 3.05) is 20.0 Å². The molecule has 0 amide bonds. The van der Waals surface area contributed by atoms with Gasteiger partial charge in [0.1, 0.15) is 12.1 Å². The first kappa shape index (κ1) is 22.0. The normalized spacial score (nSPS) is 12.2. The average Bonchev–Trinajstić information content (AvgIpc) is 3.31. The van der Waals surface area contributed by atoms with Crippen LogP contribution in [0.1, 0.15) is 5.56 Å². The molecule has 0 spiro atoms. The smallest absolute Gasteiger partial charge is 0.225 e. The van der Waals surface area contributed by atoms with E-state index >= 15 is 0 Å². The second-order valence-electron chi connectivity index (χ2n) is 7.97. The molecule has 2 N–H and O–H groups in total. The number of nitrogen functional groups attached to an aromatic ring is 1. The summed E-state index contributed by atoms with van der Waals surface area (Å²) in [6, 6.07) is 17.7. The average molecular weight is 468 g/mol. The summed E-state index contributed by atoms with van der Waals surface area (Å²) in [4.78, 5) is 0. The predicted molar refractivity (Wildman–Crippen MR) is 130 cm³/mol. The van der Waals surface area contributed by atoms with Crippen LogP contribution in [0.3, 0.4) is 0 Å². The minimum absolute atomic E-state index is 0.323. The zero-order valence-corrected chi connectivity index (χ0v) is 19.1. The predicted octanol–water partition coefficient (Wildman–Crippen LogP) is 5.29. The van der Waals surface area contributed by atoms with Crippen LogP contribution >= 0.6 is 0 Å². The van der Waals surface area contributed by atoms with E-state index < -0.39 is 0 Å². The number of anilines is 1. The molecule has 3 aromatic carbocycles. The molecule has 0 unspecified atom stereocenters. The lowest BCUT2D eigenvalue weighted by atomic mass is 9.93. The Bertz CT molecular complexity index is 1500. The first-order valence-electron chi connectivity index (χ1n) is 10.8. The monoisotopic (exact) mass is 468 g/mol. The highest BCUT2D eigenvalue weighted by Crippen LogP contribution is 2.41. The largest absolute Gasteiger partial charge is 0.493 e. The topological polar surface area (TPSA) is 95.3 Å². The van der Waals surface area contributed by atoms with E-state index in [4.69, 9.17) is 19.9 Å². The molecule has 1 aliphatic heterocycles. The molecule has 0 radical (unpaired) electrons. The Kier molecular flexibility index (Phi) is 5.59. The van der Waals surface area contributed by atoms with Crippen LogP contribution in [0.2, 0.25) is 0 Å². The number of allylic oxidation sites excluding steroid dienone is 1. The van der Waals surface area contributed by atoms with Gasteiger partial charge in [-0.25, -0.2) is 4.39 Å². The number of halogens is 1. The third kappa shape index (κ3) is 3.93. The minimum Gasteiger partial charge on any atom is -0.493 e. The van der Waals surface area contributed by atoms with E-state index in [9.17, 15) is 9.65 Å². The van der Waals surface area contributed by atoms with Gasteiger partial charge in [-0.05, 0) is 58.7 Å². The second kappa shape index (κ2) is 8.88. The lowest BCUT2D eigenvalue weighted by Gasteiger charge is -2.18. The Hall–Kier alpha value is -4.77. The number of nitrogens with two attached hydrogens (primary N) is 1. The van der Waals surface area contributed by atoms with E-state index in [-0.39, 0.29) is 5.82 Å². The zero-order chi connectivity index (χ0) is 24.5. The van der Waals surface area contributed by atoms with Crippen LogP contribution in [0, 0.1) is 17.1 Å². The van der Waals surface area contributed by atoms with Crippen molar-refractivity contribution >= 4 is 5.69 Å². The number of methoxy groups -OCH3 is 2. The van der Waals surface area contributed by atoms with Gasteiger partial charge in [-0.2, -0.15) is 15.0 Å². The summed E-state index contributed by atoms with van der Waals surface area (Å²) in [5.74, 6) is 1.35. The van der Waals surface area contributed by atoms with Crippen LogP contribution in [-0.2, 0) is 6.42 Å². The summed E-state index contributed by atoms with van der Waals surface area (Å²) >= 11 is 0. The molecule has 0 saturated heterocycles. The molecule has 8 heteroatoms. The third-order valence-electron chi connectivity index (χ3n) is 5.88. The van der Waals surface area contributed by atoms with Crippen molar-refractivity contribution in [1.29, 1.82) is 5.26 Å². The van der Waals surface area contributed by atoms with Crippen LogP contribution in [0.25, 0.3) is 27.9 Å². The number of rotatable bonds is 5. The van der Waals surface area contributed by atoms with Gasteiger partial charge >= 0.3 is 0 Å². The molecular weight excluding hydrogens is 447 g/mol. The minimum atomic E-state index is -0.323. The summed E-state index contributed by atoms with van der Waals surface area (Å²) < 4.78 is 31.9. The van der Waals surface area contributed by atoms with E-state index in [0.717, 1.165) is 27.8 Å². The molecule has 1 aromatic heterocycles. The highest BCUT2D eigenvalue weighted by atomic mass is 19.1. The quantitative estimate of drug-likeness (QED) is 0.400. The van der Waals surface area contributed by atoms with Gasteiger partial charge in [-0.15, -0.1) is 0 Å². The number of hydrogen-bond acceptors (Lipinski definition) is 6. The summed E-state index contributed by atoms with van der Waals surface area (Å²) in [5.41, 5.74) is 12.2. The van der Waals surface area contributed by atoms with E-state index in [2.05, 4.69) is 11.2 Å². The van der Waals surface area contributed by atoms with Crippen LogP contribution < -0.4 is 19.9 Å². The number of hydrogen-bond donors (Lipinski definition) is 1. The number of nitrogens with zero attached hydrogens (tertiary/aromatic N) is 3. The Labute approximate surface area is 201 Å². The number of aromatic nitrogens is 2. The standard InChI is InChI=1S/C27H21FN4O3/c1-33-25-8-5-18(10-26(25)34-2)22-12-24(23(30)11-21(22)17-3-6-20(28)7-4-17)32-27-19(14-31-32)9-16(13-29)15-35-27/h3-8,10-12,14-15H,9,30H2,1-2H3. The van der Waals surface area contributed by atoms with E-state index in [1.165, 1.54) is 18.4 Å². The Morgan fingerprint density at radius 3 is 2.43 bits per heavy atom. The van der Waals surface area contributed by atoms with Gasteiger partial charge in [0.25, 0.3) is 0 Å². The maximum atomic E-state index is 13.6. The number of ether oxygens (including phenoxy) is 3. The fraction of sp³-hybridized carbons (Fsp3) is 0.111. The Morgan fingerprint density at radius 2 is 1.71 bits per heavy atom. The van der Waals surface area contributed by atoms with Crippen LogP contribution in [0.5, 0.6) is 17.4 Å². The van der Waals surface area contributed by atoms with Crippen molar-refractivity contribution in [3.05, 3.63) is 84.0 Å². The first-order chi connectivity index (χ1) is 17.0. The van der Waals surface area contributed by atoms with Crippen molar-refractivity contribution in [3.8, 4) is 51.4 Å². The van der Waals surface area contributed by atoms with Crippen molar-refractivity contribution < 1.29 is 18.6 Å². The van der Waals surface area contributed by atoms with Crippen molar-refractivity contribution in [1.82, 2.24) is 9.78 Å². The fourth-order valence-corrected chi connectivity index (χ4v) is 4.13. The maximum Gasteiger partial charge on any atom is 0.225 e. The molecule has 0 bridgehead atoms. The maximum absolute atomic E-state index is 13.6. The van der Waals surface area contributed by atoms with Crippen molar-refractivity contribution in [2.24, 2.45) is 0 Å². The van der Waals surface area contributed by atoms with Gasteiger partial charge in [0.15, 0.2) is 11.5 Å². The Balaban J connectivity index is 1.71. The zero-order valence-electron chi connectivity index (χ0n) is 19.1. The summed E-state index contributed by atoms with van der Waals surface area (Å²) in [5, 5.41) is 13.7. The van der Waals surface area contributed by atoms with E-state index in [1.54, 1.807) is 37.2 Å². The van der Waals surface area contributed by atoms with Crippen LogP contribution in [0.4, 0.5) is 10.1 Å². The number of fused-ring (bicyclic) bond motifs is 1. The van der Waals surface area contributed by atoms with Crippen molar-refractivity contribution in [2.45, 2.75) is 6.42 Å². The van der Waals surface area contributed by atoms with Gasteiger partial charge in [0, 0.05) is 12.0 Å². The molecule has 35 heavy (non-hydrogen) atoms. The molecule has 5 rings (SSSR count). The Morgan fingerprint density at radius 1 is 1.00 bits per heavy atom. The molecule has 0 aliphatic carbocycles. The number of benzene rings is 3. The molecule has 7 nitrogen and oxygen atoms in total. The second-order valence-corrected chi connectivity index (χ2v) is 7.97. The highest BCUT2D eigenvalue weighted by Gasteiger charge is 2.22. The van der Waals surface area contributed by atoms with Gasteiger partial charge < -0.3 is 19.9 Å². The number of nitriles is 1. The lowest BCUT2D eigenvalue weighted by Crippen LogP contribution is -2.08. The molecule has 0 saturated carbocycles. The van der Waals surface area contributed by atoms with Gasteiger partial charge in [0.2, 0.25) is 5.88 Å². The van der Waals surface area contributed by atoms with Crippen molar-refractivity contribution in [3.63, 3.8) is 0 Å². The van der Waals surface area contributed by atoms with Crippen LogP contribution in [-0.4, -0.2) is 24.0 Å². The molecule has 2 heterocycles. The van der Waals surface area contributed by atoms with Gasteiger partial charge in [-0.1, -0.05) is 18.2 Å². The van der Waals surface area contributed by atoms with E-state index in [0.29, 0.717) is 40.7 Å². The van der Waals surface area contributed by atoms with Gasteiger partial charge in [0.05, 0.1) is 43.4 Å². The SMILES string of the molecule is COc1ccc(-c2cc(-n3ncc4c3OC=C(C#N)C4)c(N)cc2-c2ccc(F)cc2)cc1OC. The molecule has 174 valence electrons. The van der Waals surface area contributed by atoms with Gasteiger partial charge in [-0.3, -0.25) is 0 Å². The summed E-state index contributed by atoms with van der Waals surface area (Å²) in [6.07, 6.45) is 3.53. The summed E-state index contributed by atoms with van der Waals surface area (Å²) in [7, 11) is 3.16. The molecule has 0 fully saturated rings. The third-order valence-corrected chi connectivity index (χ3v) is 5.88. The molecule has 0 atom stereocenters. The molecule has 4 aromatic rings. The molecular formula is C27H21FN4O3. The fourth-order valence-electron chi connectivity index (χ4n) is 4.13. The lowest BCUT2D eigenvalue weighted by molar-refractivity contribution is 0.355. The first-order valence-corrected chi connectivity index (χ1v) is 10.8. The van der Waals surface area contributed by atoms with Crippen LogP contribution in [0.15, 0.2) is 72.6 Å². The summed E-state index contributed by atoms with van der Waals surface area (Å²) in [6.45, 7) is 0. The van der Waals surface area contributed by atoms with E-state index in [1.807, 2.05) is 30.3 Å².